The normalized spacial score (nSPS) is 13.2. The van der Waals surface area contributed by atoms with Crippen molar-refractivity contribution < 1.29 is 19.4 Å². The molecule has 4 nitrogen and oxygen atoms in total. The highest BCUT2D eigenvalue weighted by Crippen LogP contribution is 2.12. The molecular weight excluding hydrogens is 556 g/mol. The Labute approximate surface area is 278 Å². The van der Waals surface area contributed by atoms with Crippen molar-refractivity contribution in [2.45, 2.75) is 161 Å². The summed E-state index contributed by atoms with van der Waals surface area (Å²) in [7, 11) is 0. The van der Waals surface area contributed by atoms with Crippen molar-refractivity contribution in [3.05, 3.63) is 72.9 Å². The smallest absolute Gasteiger partial charge is 0.306 e. The molecule has 0 rings (SSSR count). The summed E-state index contributed by atoms with van der Waals surface area (Å²) in [5, 5.41) is 9.54. The van der Waals surface area contributed by atoms with E-state index >= 15 is 0 Å². The fourth-order valence-electron chi connectivity index (χ4n) is 4.80. The van der Waals surface area contributed by atoms with E-state index in [1.54, 1.807) is 0 Å². The zero-order valence-electron chi connectivity index (χ0n) is 29.4. The molecular formula is C41H70O4. The van der Waals surface area contributed by atoms with Gasteiger partial charge in [-0.1, -0.05) is 157 Å². The minimum absolute atomic E-state index is 0.192. The van der Waals surface area contributed by atoms with Gasteiger partial charge in [0.05, 0.1) is 13.2 Å². The van der Waals surface area contributed by atoms with Crippen molar-refractivity contribution in [3.8, 4) is 0 Å². The average Bonchev–Trinajstić information content (AvgIpc) is 3.05. The topological polar surface area (TPSA) is 55.8 Å². The van der Waals surface area contributed by atoms with Gasteiger partial charge in [0.2, 0.25) is 0 Å². The molecule has 0 saturated carbocycles. The number of carbonyl (C=O) groups excluding carboxylic acids is 1. The monoisotopic (exact) mass is 627 g/mol. The van der Waals surface area contributed by atoms with Gasteiger partial charge in [0.15, 0.2) is 0 Å². The fourth-order valence-corrected chi connectivity index (χ4v) is 4.80. The van der Waals surface area contributed by atoms with Crippen LogP contribution in [-0.4, -0.2) is 37.0 Å². The lowest BCUT2D eigenvalue weighted by Gasteiger charge is -2.15. The number of rotatable bonds is 33. The van der Waals surface area contributed by atoms with E-state index in [9.17, 15) is 9.90 Å². The number of ether oxygens (including phenoxy) is 2. The van der Waals surface area contributed by atoms with E-state index in [1.807, 2.05) is 0 Å². The number of aliphatic hydroxyl groups excluding tert-OH is 1. The molecule has 0 aromatic carbocycles. The second kappa shape index (κ2) is 38.0. The zero-order valence-corrected chi connectivity index (χ0v) is 29.4. The molecule has 0 radical (unpaired) electrons. The standard InChI is InChI=1S/C41H70O4/c1-3-5-7-9-11-13-15-17-18-19-20-21-22-23-24-25-26-28-30-32-34-36-41(43)45-40(38-42)39-44-37-35-33-31-29-27-16-14-12-10-8-6-4-2/h5,7,11,13,17-18,20-21,23-24,26,28,40,42H,3-4,6,8-10,12,14-16,19,22,25,27,29-39H2,1-2H3/b7-5-,13-11-,18-17-,21-20-,24-23-,28-26-. The van der Waals surface area contributed by atoms with Crippen LogP contribution in [0.3, 0.4) is 0 Å². The molecule has 0 fully saturated rings. The molecule has 0 aliphatic carbocycles. The molecule has 4 heteroatoms. The van der Waals surface area contributed by atoms with Crippen LogP contribution in [0, 0.1) is 0 Å². The van der Waals surface area contributed by atoms with E-state index < -0.39 is 6.10 Å². The Bertz CT molecular complexity index is 789. The zero-order chi connectivity index (χ0) is 32.7. The summed E-state index contributed by atoms with van der Waals surface area (Å²) in [5.74, 6) is -0.245. The molecule has 1 N–H and O–H groups in total. The first kappa shape index (κ1) is 42.8. The first-order chi connectivity index (χ1) is 22.2. The van der Waals surface area contributed by atoms with Crippen LogP contribution in [0.5, 0.6) is 0 Å². The van der Waals surface area contributed by atoms with Gasteiger partial charge in [-0.05, 0) is 64.2 Å². The van der Waals surface area contributed by atoms with Crippen LogP contribution in [0.15, 0.2) is 72.9 Å². The van der Waals surface area contributed by atoms with Crippen molar-refractivity contribution in [1.82, 2.24) is 0 Å². The Kier molecular flexibility index (Phi) is 36.2. The molecule has 45 heavy (non-hydrogen) atoms. The molecule has 258 valence electrons. The van der Waals surface area contributed by atoms with Crippen molar-refractivity contribution in [1.29, 1.82) is 0 Å². The Morgan fingerprint density at radius 1 is 0.556 bits per heavy atom. The predicted molar refractivity (Wildman–Crippen MR) is 196 cm³/mol. The molecule has 0 aromatic heterocycles. The number of allylic oxidation sites excluding steroid dienone is 12. The summed E-state index contributed by atoms with van der Waals surface area (Å²) in [5.41, 5.74) is 0. The largest absolute Gasteiger partial charge is 0.457 e. The van der Waals surface area contributed by atoms with Gasteiger partial charge >= 0.3 is 5.97 Å². The minimum Gasteiger partial charge on any atom is -0.457 e. The highest BCUT2D eigenvalue weighted by molar-refractivity contribution is 5.69. The molecule has 0 aliphatic rings. The molecule has 0 aliphatic heterocycles. The Morgan fingerprint density at radius 2 is 1.00 bits per heavy atom. The van der Waals surface area contributed by atoms with Crippen LogP contribution < -0.4 is 0 Å². The maximum atomic E-state index is 12.1. The molecule has 0 heterocycles. The molecule has 0 bridgehead atoms. The van der Waals surface area contributed by atoms with Gasteiger partial charge in [0.1, 0.15) is 6.10 Å². The first-order valence-corrected chi connectivity index (χ1v) is 18.5. The van der Waals surface area contributed by atoms with E-state index in [2.05, 4.69) is 86.8 Å². The average molecular weight is 627 g/mol. The second-order valence-electron chi connectivity index (χ2n) is 11.9. The Balaban J connectivity index is 3.60. The summed E-state index contributed by atoms with van der Waals surface area (Å²) in [6.45, 7) is 5.17. The lowest BCUT2D eigenvalue weighted by molar-refractivity contribution is -0.154. The molecule has 0 spiro atoms. The van der Waals surface area contributed by atoms with Gasteiger partial charge in [-0.25, -0.2) is 0 Å². The van der Waals surface area contributed by atoms with Gasteiger partial charge < -0.3 is 14.6 Å². The van der Waals surface area contributed by atoms with Crippen LogP contribution in [0.1, 0.15) is 155 Å². The van der Waals surface area contributed by atoms with E-state index in [1.165, 1.54) is 70.6 Å². The van der Waals surface area contributed by atoms with Crippen molar-refractivity contribution in [2.75, 3.05) is 19.8 Å². The summed E-state index contributed by atoms with van der Waals surface area (Å²) in [4.78, 5) is 12.1. The number of hydrogen-bond donors (Lipinski definition) is 1. The summed E-state index contributed by atoms with van der Waals surface area (Å²) in [6, 6.07) is 0. The van der Waals surface area contributed by atoms with Gasteiger partial charge in [-0.3, -0.25) is 4.79 Å². The van der Waals surface area contributed by atoms with Crippen molar-refractivity contribution >= 4 is 5.97 Å². The molecule has 0 saturated heterocycles. The van der Waals surface area contributed by atoms with Crippen molar-refractivity contribution in [2.24, 2.45) is 0 Å². The maximum Gasteiger partial charge on any atom is 0.306 e. The molecule has 0 amide bonds. The van der Waals surface area contributed by atoms with Crippen LogP contribution >= 0.6 is 0 Å². The summed E-state index contributed by atoms with van der Waals surface area (Å²) < 4.78 is 11.1. The summed E-state index contributed by atoms with van der Waals surface area (Å²) >= 11 is 0. The second-order valence-corrected chi connectivity index (χ2v) is 11.9. The molecule has 0 aromatic rings. The van der Waals surface area contributed by atoms with Crippen LogP contribution in [0.25, 0.3) is 0 Å². The van der Waals surface area contributed by atoms with Crippen LogP contribution in [0.4, 0.5) is 0 Å². The van der Waals surface area contributed by atoms with Crippen molar-refractivity contribution in [3.63, 3.8) is 0 Å². The fraction of sp³-hybridized carbons (Fsp3) is 0.683. The number of carbonyl (C=O) groups is 1. The third kappa shape index (κ3) is 36.2. The molecule has 1 atom stereocenters. The van der Waals surface area contributed by atoms with E-state index in [0.717, 1.165) is 64.2 Å². The van der Waals surface area contributed by atoms with E-state index in [0.29, 0.717) is 13.0 Å². The van der Waals surface area contributed by atoms with Gasteiger partial charge in [-0.2, -0.15) is 0 Å². The van der Waals surface area contributed by atoms with Gasteiger partial charge in [-0.15, -0.1) is 0 Å². The van der Waals surface area contributed by atoms with Gasteiger partial charge in [0, 0.05) is 13.0 Å². The Morgan fingerprint density at radius 3 is 1.47 bits per heavy atom. The highest BCUT2D eigenvalue weighted by atomic mass is 16.6. The first-order valence-electron chi connectivity index (χ1n) is 18.5. The van der Waals surface area contributed by atoms with E-state index in [4.69, 9.17) is 9.47 Å². The number of esters is 1. The number of aliphatic hydroxyl groups is 1. The van der Waals surface area contributed by atoms with Crippen LogP contribution in [-0.2, 0) is 14.3 Å². The molecule has 1 unspecified atom stereocenters. The third-order valence-corrected chi connectivity index (χ3v) is 7.55. The minimum atomic E-state index is -0.557. The van der Waals surface area contributed by atoms with Crippen LogP contribution in [0.2, 0.25) is 0 Å². The number of hydrogen-bond acceptors (Lipinski definition) is 4. The maximum absolute atomic E-state index is 12.1. The quantitative estimate of drug-likeness (QED) is 0.0447. The predicted octanol–water partition coefficient (Wildman–Crippen LogP) is 11.9. The number of unbranched alkanes of at least 4 members (excludes halogenated alkanes) is 13. The highest BCUT2D eigenvalue weighted by Gasteiger charge is 2.13. The third-order valence-electron chi connectivity index (χ3n) is 7.55. The lowest BCUT2D eigenvalue weighted by Crippen LogP contribution is -2.27. The lowest BCUT2D eigenvalue weighted by atomic mass is 10.1. The Hall–Kier alpha value is -2.17. The SMILES string of the molecule is CC/C=C\C/C=C\C/C=C\C/C=C\C/C=C\C/C=C\CCCCC(=O)OC(CO)COCCCCCCCCCCCCCC. The summed E-state index contributed by atoms with van der Waals surface area (Å²) in [6.07, 6.45) is 50.8. The van der Waals surface area contributed by atoms with E-state index in [-0.39, 0.29) is 19.2 Å². The van der Waals surface area contributed by atoms with Gasteiger partial charge in [0.25, 0.3) is 0 Å².